The summed E-state index contributed by atoms with van der Waals surface area (Å²) in [6.07, 6.45) is 0. The molecule has 1 aliphatic heterocycles. The second kappa shape index (κ2) is 7.49. The van der Waals surface area contributed by atoms with E-state index in [4.69, 9.17) is 4.74 Å². The van der Waals surface area contributed by atoms with E-state index >= 15 is 0 Å². The molecule has 1 atom stereocenters. The van der Waals surface area contributed by atoms with Crippen molar-refractivity contribution >= 4 is 12.0 Å². The number of hydrogen-bond acceptors (Lipinski definition) is 4. The number of phenols is 1. The molecule has 0 aromatic heterocycles. The molecule has 6 heteroatoms. The van der Waals surface area contributed by atoms with Crippen LogP contribution >= 0.6 is 0 Å². The number of urea groups is 1. The number of allylic oxidation sites excluding steroid dienone is 1. The second-order valence-corrected chi connectivity index (χ2v) is 9.26. The smallest absolute Gasteiger partial charge is 0.338 e. The van der Waals surface area contributed by atoms with Gasteiger partial charge in [-0.05, 0) is 53.5 Å². The summed E-state index contributed by atoms with van der Waals surface area (Å²) in [5, 5.41) is 16.4. The average Bonchev–Trinajstić information content (AvgIpc) is 2.52. The minimum absolute atomic E-state index is 0.242. The molecule has 0 bridgehead atoms. The zero-order valence-corrected chi connectivity index (χ0v) is 18.1. The molecule has 0 spiro atoms. The van der Waals surface area contributed by atoms with Gasteiger partial charge < -0.3 is 20.5 Å². The molecule has 28 heavy (non-hydrogen) atoms. The summed E-state index contributed by atoms with van der Waals surface area (Å²) in [5.74, 6) is -0.220. The van der Waals surface area contributed by atoms with Gasteiger partial charge in [-0.2, -0.15) is 0 Å². The van der Waals surface area contributed by atoms with Crippen molar-refractivity contribution in [3.05, 3.63) is 40.1 Å². The zero-order chi connectivity index (χ0) is 21.4. The molecule has 0 saturated carbocycles. The first-order chi connectivity index (χ1) is 12.8. The molecule has 1 aromatic rings. The highest BCUT2D eigenvalue weighted by molar-refractivity contribution is 5.95. The van der Waals surface area contributed by atoms with Crippen LogP contribution in [0.4, 0.5) is 4.79 Å². The molecule has 154 valence electrons. The van der Waals surface area contributed by atoms with Crippen molar-refractivity contribution < 1.29 is 19.4 Å². The summed E-state index contributed by atoms with van der Waals surface area (Å²) >= 11 is 0. The minimum Gasteiger partial charge on any atom is -0.507 e. The Morgan fingerprint density at radius 1 is 1.11 bits per heavy atom. The molecule has 1 unspecified atom stereocenters. The van der Waals surface area contributed by atoms with Crippen LogP contribution in [0.1, 0.15) is 78.1 Å². The summed E-state index contributed by atoms with van der Waals surface area (Å²) in [6.45, 7) is 15.8. The van der Waals surface area contributed by atoms with E-state index in [-0.39, 0.29) is 29.2 Å². The van der Waals surface area contributed by atoms with Crippen molar-refractivity contribution in [3.8, 4) is 5.75 Å². The third-order valence-electron chi connectivity index (χ3n) is 4.85. The molecule has 3 N–H and O–H groups in total. The number of phenolic OH excluding ortho intramolecular Hbond substituents is 1. The summed E-state index contributed by atoms with van der Waals surface area (Å²) < 4.78 is 5.22. The third-order valence-corrected chi connectivity index (χ3v) is 4.85. The molecule has 0 radical (unpaired) electrons. The fourth-order valence-electron chi connectivity index (χ4n) is 3.39. The molecule has 0 fully saturated rings. The number of nitrogens with one attached hydrogen (secondary N) is 2. The number of rotatable bonds is 3. The van der Waals surface area contributed by atoms with Gasteiger partial charge in [0.1, 0.15) is 5.75 Å². The lowest BCUT2D eigenvalue weighted by atomic mass is 9.77. The van der Waals surface area contributed by atoms with Gasteiger partial charge in [0.15, 0.2) is 0 Å². The molecular formula is C22H32N2O4. The number of benzene rings is 1. The van der Waals surface area contributed by atoms with Gasteiger partial charge in [-0.1, -0.05) is 41.5 Å². The Bertz CT molecular complexity index is 791. The van der Waals surface area contributed by atoms with Crippen LogP contribution in [0.25, 0.3) is 0 Å². The summed E-state index contributed by atoms with van der Waals surface area (Å²) in [6, 6.07) is 2.70. The predicted octanol–water partition coefficient (Wildman–Crippen LogP) is 4.18. The summed E-state index contributed by atoms with van der Waals surface area (Å²) in [7, 11) is 0. The number of hydrogen-bond donors (Lipinski definition) is 3. The Morgan fingerprint density at radius 3 is 2.04 bits per heavy atom. The first-order valence-corrected chi connectivity index (χ1v) is 9.60. The van der Waals surface area contributed by atoms with Crippen LogP contribution in [0, 0.1) is 0 Å². The van der Waals surface area contributed by atoms with E-state index in [0.29, 0.717) is 11.3 Å². The quantitative estimate of drug-likeness (QED) is 0.678. The van der Waals surface area contributed by atoms with Gasteiger partial charge in [-0.25, -0.2) is 9.59 Å². The van der Waals surface area contributed by atoms with Gasteiger partial charge >= 0.3 is 12.0 Å². The predicted molar refractivity (Wildman–Crippen MR) is 109 cm³/mol. The van der Waals surface area contributed by atoms with Gasteiger partial charge in [0.25, 0.3) is 0 Å². The van der Waals surface area contributed by atoms with E-state index in [2.05, 4.69) is 10.6 Å². The summed E-state index contributed by atoms with van der Waals surface area (Å²) in [5.41, 5.74) is 2.47. The topological polar surface area (TPSA) is 87.7 Å². The molecule has 6 nitrogen and oxygen atoms in total. The number of ether oxygens (including phenoxy) is 1. The van der Waals surface area contributed by atoms with Crippen LogP contribution in [0.15, 0.2) is 23.4 Å². The number of carbonyl (C=O) groups is 2. The Morgan fingerprint density at radius 2 is 1.61 bits per heavy atom. The van der Waals surface area contributed by atoms with Crippen molar-refractivity contribution in [1.82, 2.24) is 10.6 Å². The van der Waals surface area contributed by atoms with E-state index in [1.54, 1.807) is 13.8 Å². The minimum atomic E-state index is -0.657. The normalized spacial score (nSPS) is 17.9. The highest BCUT2D eigenvalue weighted by atomic mass is 16.5. The van der Waals surface area contributed by atoms with E-state index in [1.165, 1.54) is 0 Å². The highest BCUT2D eigenvalue weighted by Crippen LogP contribution is 2.42. The molecule has 2 amide bonds. The second-order valence-electron chi connectivity index (χ2n) is 9.26. The standard InChI is InChI=1S/C22H32N2O4/c1-9-28-19(26)16-12(2)23-20(27)24-17(16)13-10-14(21(3,4)5)18(25)15(11-13)22(6,7)8/h10-11,17,25H,9H2,1-8H3,(H2,23,24,27). The van der Waals surface area contributed by atoms with Gasteiger partial charge in [0.05, 0.1) is 18.2 Å². The Kier molecular flexibility index (Phi) is 5.83. The lowest BCUT2D eigenvalue weighted by Gasteiger charge is -2.32. The SMILES string of the molecule is CCOC(=O)C1=C(C)NC(=O)NC1c1cc(C(C)(C)C)c(O)c(C(C)(C)C)c1. The first-order valence-electron chi connectivity index (χ1n) is 9.60. The van der Waals surface area contributed by atoms with E-state index in [1.807, 2.05) is 53.7 Å². The highest BCUT2D eigenvalue weighted by Gasteiger charge is 2.35. The number of amides is 2. The number of aromatic hydroxyl groups is 1. The molecular weight excluding hydrogens is 356 g/mol. The molecule has 1 aromatic carbocycles. The molecule has 1 aliphatic rings. The van der Waals surface area contributed by atoms with Crippen molar-refractivity contribution in [1.29, 1.82) is 0 Å². The van der Waals surface area contributed by atoms with Crippen molar-refractivity contribution in [2.24, 2.45) is 0 Å². The fraction of sp³-hybridized carbons (Fsp3) is 0.545. The Hall–Kier alpha value is -2.50. The van der Waals surface area contributed by atoms with Crippen molar-refractivity contribution in [2.45, 2.75) is 72.3 Å². The van der Waals surface area contributed by atoms with Crippen LogP contribution < -0.4 is 10.6 Å². The Balaban J connectivity index is 2.75. The average molecular weight is 389 g/mol. The molecule has 1 heterocycles. The lowest BCUT2D eigenvalue weighted by Crippen LogP contribution is -2.45. The van der Waals surface area contributed by atoms with Crippen molar-refractivity contribution in [2.75, 3.05) is 6.61 Å². The van der Waals surface area contributed by atoms with E-state index in [0.717, 1.165) is 16.7 Å². The maximum atomic E-state index is 12.6. The Labute approximate surface area is 167 Å². The molecule has 2 rings (SSSR count). The van der Waals surface area contributed by atoms with Crippen LogP contribution in [0.3, 0.4) is 0 Å². The van der Waals surface area contributed by atoms with Crippen LogP contribution in [0.5, 0.6) is 5.75 Å². The molecule has 0 saturated heterocycles. The number of carbonyl (C=O) groups excluding carboxylic acids is 2. The van der Waals surface area contributed by atoms with Gasteiger partial charge in [-0.3, -0.25) is 0 Å². The van der Waals surface area contributed by atoms with E-state index < -0.39 is 12.0 Å². The van der Waals surface area contributed by atoms with Gasteiger partial charge in [0, 0.05) is 5.70 Å². The van der Waals surface area contributed by atoms with Crippen molar-refractivity contribution in [3.63, 3.8) is 0 Å². The molecule has 0 aliphatic carbocycles. The van der Waals surface area contributed by atoms with Crippen LogP contribution in [-0.2, 0) is 20.4 Å². The van der Waals surface area contributed by atoms with Crippen LogP contribution in [0.2, 0.25) is 0 Å². The van der Waals surface area contributed by atoms with Gasteiger partial charge in [0.2, 0.25) is 0 Å². The third kappa shape index (κ3) is 4.32. The zero-order valence-electron chi connectivity index (χ0n) is 18.1. The maximum Gasteiger partial charge on any atom is 0.338 e. The summed E-state index contributed by atoms with van der Waals surface area (Å²) in [4.78, 5) is 24.8. The first kappa shape index (κ1) is 21.8. The maximum absolute atomic E-state index is 12.6. The van der Waals surface area contributed by atoms with E-state index in [9.17, 15) is 14.7 Å². The van der Waals surface area contributed by atoms with Crippen LogP contribution in [-0.4, -0.2) is 23.7 Å². The lowest BCUT2D eigenvalue weighted by molar-refractivity contribution is -0.139. The number of esters is 1. The largest absolute Gasteiger partial charge is 0.507 e. The fourth-order valence-corrected chi connectivity index (χ4v) is 3.39. The monoisotopic (exact) mass is 388 g/mol. The van der Waals surface area contributed by atoms with Gasteiger partial charge in [-0.15, -0.1) is 0 Å².